The summed E-state index contributed by atoms with van der Waals surface area (Å²) in [6.45, 7) is 0.194. The zero-order valence-corrected chi connectivity index (χ0v) is 11.9. The maximum Gasteiger partial charge on any atom is 0.419 e. The number of nitrogens with two attached hydrogens (primary N) is 1. The molecule has 22 heavy (non-hydrogen) atoms. The standard InChI is InChI=1S/C15H18F4N2O/c16-13-5-4-9(6-12(13)15(17,18)19)8-21-11-3-1-2-10(7-11)14(20)22/h4-6,10-11,21H,1-3,7-8H2,(H2,20,22). The molecule has 122 valence electrons. The molecule has 1 aliphatic rings. The van der Waals surface area contributed by atoms with Crippen molar-refractivity contribution < 1.29 is 22.4 Å². The number of nitrogens with one attached hydrogen (secondary N) is 1. The van der Waals surface area contributed by atoms with Crippen molar-refractivity contribution in [2.75, 3.05) is 0 Å². The molecule has 7 heteroatoms. The van der Waals surface area contributed by atoms with Crippen LogP contribution in [-0.4, -0.2) is 11.9 Å². The van der Waals surface area contributed by atoms with Gasteiger partial charge in [0, 0.05) is 18.5 Å². The van der Waals surface area contributed by atoms with Crippen molar-refractivity contribution in [3.8, 4) is 0 Å². The molecule has 3 nitrogen and oxygen atoms in total. The molecular weight excluding hydrogens is 300 g/mol. The third kappa shape index (κ3) is 4.19. The molecule has 2 rings (SSSR count). The van der Waals surface area contributed by atoms with Gasteiger partial charge in [-0.05, 0) is 37.0 Å². The van der Waals surface area contributed by atoms with Crippen LogP contribution in [0, 0.1) is 11.7 Å². The van der Waals surface area contributed by atoms with Crippen molar-refractivity contribution in [3.05, 3.63) is 35.1 Å². The lowest BCUT2D eigenvalue weighted by Gasteiger charge is -2.28. The Balaban J connectivity index is 1.98. The molecule has 3 N–H and O–H groups in total. The predicted octanol–water partition coefficient (Wildman–Crippen LogP) is 2.98. The van der Waals surface area contributed by atoms with Crippen LogP contribution < -0.4 is 11.1 Å². The van der Waals surface area contributed by atoms with Crippen molar-refractivity contribution in [1.82, 2.24) is 5.32 Å². The summed E-state index contributed by atoms with van der Waals surface area (Å²) in [5.41, 5.74) is 4.39. The molecule has 0 heterocycles. The Kier molecular flexibility index (Phi) is 5.05. The SMILES string of the molecule is NC(=O)C1CCCC(NCc2ccc(F)c(C(F)(F)F)c2)C1. The topological polar surface area (TPSA) is 55.1 Å². The lowest BCUT2D eigenvalue weighted by molar-refractivity contribution is -0.140. The van der Waals surface area contributed by atoms with Crippen molar-refractivity contribution in [2.24, 2.45) is 11.7 Å². The molecule has 0 spiro atoms. The molecule has 0 aromatic heterocycles. The minimum atomic E-state index is -4.71. The number of hydrogen-bond donors (Lipinski definition) is 2. The lowest BCUT2D eigenvalue weighted by atomic mass is 9.85. The number of carbonyl (C=O) groups is 1. The Hall–Kier alpha value is -1.63. The van der Waals surface area contributed by atoms with Crippen molar-refractivity contribution in [2.45, 2.75) is 44.4 Å². The number of primary amides is 1. The molecule has 1 aromatic rings. The lowest BCUT2D eigenvalue weighted by Crippen LogP contribution is -2.38. The second-order valence-electron chi connectivity index (χ2n) is 5.66. The number of rotatable bonds is 4. The van der Waals surface area contributed by atoms with Gasteiger partial charge in [0.15, 0.2) is 0 Å². The van der Waals surface area contributed by atoms with Gasteiger partial charge >= 0.3 is 6.18 Å². The van der Waals surface area contributed by atoms with Gasteiger partial charge in [-0.1, -0.05) is 12.5 Å². The summed E-state index contributed by atoms with van der Waals surface area (Å²) in [6.07, 6.45) is -1.67. The van der Waals surface area contributed by atoms with E-state index in [-0.39, 0.29) is 24.4 Å². The molecule has 1 fully saturated rings. The molecule has 2 atom stereocenters. The summed E-state index contributed by atoms with van der Waals surface area (Å²) >= 11 is 0. The fourth-order valence-electron chi connectivity index (χ4n) is 2.80. The molecule has 1 amide bonds. The molecular formula is C15H18F4N2O. The molecule has 0 radical (unpaired) electrons. The predicted molar refractivity (Wildman–Crippen MR) is 73.2 cm³/mol. The van der Waals surface area contributed by atoms with Crippen LogP contribution in [0.1, 0.15) is 36.8 Å². The minimum absolute atomic E-state index is 0.0330. The van der Waals surface area contributed by atoms with Crippen LogP contribution in [0.3, 0.4) is 0 Å². The summed E-state index contributed by atoms with van der Waals surface area (Å²) < 4.78 is 51.2. The second-order valence-corrected chi connectivity index (χ2v) is 5.66. The maximum atomic E-state index is 13.2. The van der Waals surface area contributed by atoms with Gasteiger partial charge in [0.05, 0.1) is 5.56 Å². The van der Waals surface area contributed by atoms with Gasteiger partial charge in [-0.15, -0.1) is 0 Å². The van der Waals surface area contributed by atoms with Gasteiger partial charge < -0.3 is 11.1 Å². The Morgan fingerprint density at radius 3 is 2.68 bits per heavy atom. The third-order valence-corrected chi connectivity index (χ3v) is 4.01. The first-order valence-electron chi connectivity index (χ1n) is 7.15. The van der Waals surface area contributed by atoms with Crippen molar-refractivity contribution in [3.63, 3.8) is 0 Å². The van der Waals surface area contributed by atoms with Crippen LogP contribution in [0.4, 0.5) is 17.6 Å². The Bertz CT molecular complexity index is 545. The van der Waals surface area contributed by atoms with E-state index in [1.54, 1.807) is 0 Å². The Labute approximate surface area is 125 Å². The third-order valence-electron chi connectivity index (χ3n) is 4.01. The van der Waals surface area contributed by atoms with Gasteiger partial charge in [0.25, 0.3) is 0 Å². The highest BCUT2D eigenvalue weighted by Gasteiger charge is 2.34. The van der Waals surface area contributed by atoms with E-state index in [0.717, 1.165) is 31.4 Å². The number of carbonyl (C=O) groups excluding carboxylic acids is 1. The van der Waals surface area contributed by atoms with E-state index in [1.165, 1.54) is 6.07 Å². The molecule has 1 aliphatic carbocycles. The number of halogens is 4. The van der Waals surface area contributed by atoms with Gasteiger partial charge in [0.1, 0.15) is 5.82 Å². The highest BCUT2D eigenvalue weighted by atomic mass is 19.4. The van der Waals surface area contributed by atoms with Crippen molar-refractivity contribution in [1.29, 1.82) is 0 Å². The zero-order chi connectivity index (χ0) is 16.3. The Morgan fingerprint density at radius 2 is 2.05 bits per heavy atom. The fourth-order valence-corrected chi connectivity index (χ4v) is 2.80. The van der Waals surface area contributed by atoms with Gasteiger partial charge in [-0.3, -0.25) is 4.79 Å². The fraction of sp³-hybridized carbons (Fsp3) is 0.533. The van der Waals surface area contributed by atoms with E-state index in [0.29, 0.717) is 12.0 Å². The molecule has 1 saturated carbocycles. The first-order valence-corrected chi connectivity index (χ1v) is 7.15. The van der Waals surface area contributed by atoms with E-state index in [1.807, 2.05) is 0 Å². The number of amides is 1. The Morgan fingerprint density at radius 1 is 1.32 bits per heavy atom. The second kappa shape index (κ2) is 6.64. The first kappa shape index (κ1) is 16.7. The van der Waals surface area contributed by atoms with Crippen LogP contribution in [0.2, 0.25) is 0 Å². The highest BCUT2D eigenvalue weighted by Crippen LogP contribution is 2.32. The van der Waals surface area contributed by atoms with Crippen molar-refractivity contribution >= 4 is 5.91 Å². The summed E-state index contributed by atoms with van der Waals surface area (Å²) in [4.78, 5) is 11.2. The van der Waals surface area contributed by atoms with Gasteiger partial charge in [0.2, 0.25) is 5.91 Å². The first-order chi connectivity index (χ1) is 10.3. The van der Waals surface area contributed by atoms with Gasteiger partial charge in [-0.25, -0.2) is 4.39 Å². The number of benzene rings is 1. The summed E-state index contributed by atoms with van der Waals surface area (Å²) in [7, 11) is 0. The van der Waals surface area contributed by atoms with Gasteiger partial charge in [-0.2, -0.15) is 13.2 Å². The zero-order valence-electron chi connectivity index (χ0n) is 11.9. The van der Waals surface area contributed by atoms with Crippen LogP contribution >= 0.6 is 0 Å². The molecule has 1 aromatic carbocycles. The summed E-state index contributed by atoms with van der Waals surface area (Å²) in [6, 6.07) is 3.00. The normalized spacial score (nSPS) is 22.5. The molecule has 0 saturated heterocycles. The average Bonchev–Trinajstić information content (AvgIpc) is 2.45. The average molecular weight is 318 g/mol. The van der Waals surface area contributed by atoms with Crippen LogP contribution in [0.15, 0.2) is 18.2 Å². The number of hydrogen-bond acceptors (Lipinski definition) is 2. The van der Waals surface area contributed by atoms with Crippen LogP contribution in [0.25, 0.3) is 0 Å². The maximum absolute atomic E-state index is 13.2. The van der Waals surface area contributed by atoms with E-state index >= 15 is 0 Å². The summed E-state index contributed by atoms with van der Waals surface area (Å²) in [5, 5.41) is 3.12. The molecule has 0 bridgehead atoms. The monoisotopic (exact) mass is 318 g/mol. The van der Waals surface area contributed by atoms with E-state index < -0.39 is 17.6 Å². The minimum Gasteiger partial charge on any atom is -0.369 e. The highest BCUT2D eigenvalue weighted by molar-refractivity contribution is 5.76. The van der Waals surface area contributed by atoms with E-state index in [2.05, 4.69) is 5.32 Å². The van der Waals surface area contributed by atoms with E-state index in [9.17, 15) is 22.4 Å². The number of alkyl halides is 3. The van der Waals surface area contributed by atoms with E-state index in [4.69, 9.17) is 5.73 Å². The largest absolute Gasteiger partial charge is 0.419 e. The van der Waals surface area contributed by atoms with Crippen LogP contribution in [0.5, 0.6) is 0 Å². The molecule has 2 unspecified atom stereocenters. The molecule has 0 aliphatic heterocycles. The van der Waals surface area contributed by atoms with Crippen LogP contribution in [-0.2, 0) is 17.5 Å². The summed E-state index contributed by atoms with van der Waals surface area (Å²) in [5.74, 6) is -1.81. The smallest absolute Gasteiger partial charge is 0.369 e. The quantitative estimate of drug-likeness (QED) is 0.839.